The summed E-state index contributed by atoms with van der Waals surface area (Å²) in [5.74, 6) is 0.546. The standard InChI is InChI=1S/C18H28N2O2/c1-15(2)12-18(21)19-17(13-16-6-4-3-5-7-16)14-20-8-10-22-11-9-20/h3-7,15,17H,8-14H2,1-2H3,(H,19,21)/t17-/m1/s1. The fourth-order valence-electron chi connectivity index (χ4n) is 2.81. The molecule has 1 fully saturated rings. The molecule has 2 rings (SSSR count). The molecule has 4 heteroatoms. The van der Waals surface area contributed by atoms with Crippen LogP contribution in [0.3, 0.4) is 0 Å². The molecule has 1 aliphatic heterocycles. The van der Waals surface area contributed by atoms with Gasteiger partial charge in [0.25, 0.3) is 0 Å². The molecule has 0 radical (unpaired) electrons. The van der Waals surface area contributed by atoms with Crippen molar-refractivity contribution in [1.82, 2.24) is 10.2 Å². The lowest BCUT2D eigenvalue weighted by Crippen LogP contribution is -2.48. The van der Waals surface area contributed by atoms with Gasteiger partial charge in [0.2, 0.25) is 5.91 Å². The summed E-state index contributed by atoms with van der Waals surface area (Å²) in [5, 5.41) is 3.22. The SMILES string of the molecule is CC(C)CC(=O)N[C@H](Cc1ccccc1)CN1CCOCC1. The molecule has 0 saturated carbocycles. The van der Waals surface area contributed by atoms with Crippen molar-refractivity contribution in [2.75, 3.05) is 32.8 Å². The summed E-state index contributed by atoms with van der Waals surface area (Å²) in [6.45, 7) is 8.52. The van der Waals surface area contributed by atoms with Crippen molar-refractivity contribution < 1.29 is 9.53 Å². The van der Waals surface area contributed by atoms with Gasteiger partial charge in [-0.1, -0.05) is 44.2 Å². The van der Waals surface area contributed by atoms with Crippen LogP contribution in [-0.4, -0.2) is 49.7 Å². The predicted molar refractivity (Wildman–Crippen MR) is 88.8 cm³/mol. The summed E-state index contributed by atoms with van der Waals surface area (Å²) >= 11 is 0. The van der Waals surface area contributed by atoms with Gasteiger partial charge in [0.1, 0.15) is 0 Å². The smallest absolute Gasteiger partial charge is 0.220 e. The Morgan fingerprint density at radius 3 is 2.55 bits per heavy atom. The minimum atomic E-state index is 0.157. The highest BCUT2D eigenvalue weighted by Gasteiger charge is 2.19. The number of hydrogen-bond donors (Lipinski definition) is 1. The van der Waals surface area contributed by atoms with E-state index >= 15 is 0 Å². The highest BCUT2D eigenvalue weighted by atomic mass is 16.5. The van der Waals surface area contributed by atoms with E-state index in [0.29, 0.717) is 12.3 Å². The Bertz CT molecular complexity index is 442. The van der Waals surface area contributed by atoms with E-state index < -0.39 is 0 Å². The first-order chi connectivity index (χ1) is 10.6. The summed E-state index contributed by atoms with van der Waals surface area (Å²) in [6.07, 6.45) is 1.47. The Morgan fingerprint density at radius 1 is 1.23 bits per heavy atom. The molecule has 0 bridgehead atoms. The molecule has 1 N–H and O–H groups in total. The van der Waals surface area contributed by atoms with Crippen LogP contribution in [0, 0.1) is 5.92 Å². The van der Waals surface area contributed by atoms with Crippen LogP contribution in [0.2, 0.25) is 0 Å². The molecule has 1 aromatic carbocycles. The van der Waals surface area contributed by atoms with E-state index in [-0.39, 0.29) is 11.9 Å². The second-order valence-corrected chi connectivity index (χ2v) is 6.47. The number of carbonyl (C=O) groups is 1. The monoisotopic (exact) mass is 304 g/mol. The van der Waals surface area contributed by atoms with Crippen LogP contribution in [0.1, 0.15) is 25.8 Å². The number of hydrogen-bond acceptors (Lipinski definition) is 3. The number of morpholine rings is 1. The zero-order valence-electron chi connectivity index (χ0n) is 13.8. The van der Waals surface area contributed by atoms with Gasteiger partial charge in [0.05, 0.1) is 13.2 Å². The van der Waals surface area contributed by atoms with Crippen LogP contribution in [0.5, 0.6) is 0 Å². The Balaban J connectivity index is 1.94. The summed E-state index contributed by atoms with van der Waals surface area (Å²) in [6, 6.07) is 10.5. The zero-order chi connectivity index (χ0) is 15.8. The van der Waals surface area contributed by atoms with Gasteiger partial charge in [-0.25, -0.2) is 0 Å². The number of nitrogens with one attached hydrogen (secondary N) is 1. The van der Waals surface area contributed by atoms with Gasteiger partial charge in [-0.3, -0.25) is 9.69 Å². The van der Waals surface area contributed by atoms with Crippen molar-refractivity contribution in [3.05, 3.63) is 35.9 Å². The van der Waals surface area contributed by atoms with Gasteiger partial charge in [-0.15, -0.1) is 0 Å². The quantitative estimate of drug-likeness (QED) is 0.839. The molecule has 0 aliphatic carbocycles. The van der Waals surface area contributed by atoms with E-state index in [1.807, 2.05) is 6.07 Å². The van der Waals surface area contributed by atoms with E-state index in [4.69, 9.17) is 4.74 Å². The lowest BCUT2D eigenvalue weighted by atomic mass is 10.0. The molecule has 1 atom stereocenters. The highest BCUT2D eigenvalue weighted by molar-refractivity contribution is 5.76. The van der Waals surface area contributed by atoms with Crippen molar-refractivity contribution in [3.8, 4) is 0 Å². The molecule has 1 saturated heterocycles. The Labute approximate surface area is 133 Å². The third kappa shape index (κ3) is 6.16. The first kappa shape index (κ1) is 17.0. The van der Waals surface area contributed by atoms with Crippen LogP contribution in [0.25, 0.3) is 0 Å². The largest absolute Gasteiger partial charge is 0.379 e. The molecule has 4 nitrogen and oxygen atoms in total. The average molecular weight is 304 g/mol. The van der Waals surface area contributed by atoms with Crippen molar-refractivity contribution in [2.45, 2.75) is 32.7 Å². The number of ether oxygens (including phenoxy) is 1. The number of carbonyl (C=O) groups excluding carboxylic acids is 1. The average Bonchev–Trinajstić information content (AvgIpc) is 2.48. The van der Waals surface area contributed by atoms with Crippen molar-refractivity contribution in [3.63, 3.8) is 0 Å². The fraction of sp³-hybridized carbons (Fsp3) is 0.611. The van der Waals surface area contributed by atoms with Crippen LogP contribution in [0.15, 0.2) is 30.3 Å². The summed E-state index contributed by atoms with van der Waals surface area (Å²) in [5.41, 5.74) is 1.27. The van der Waals surface area contributed by atoms with Crippen LogP contribution in [0.4, 0.5) is 0 Å². The van der Waals surface area contributed by atoms with Gasteiger partial charge in [0, 0.05) is 32.1 Å². The number of rotatable bonds is 7. The Kier molecular flexibility index (Phi) is 6.87. The van der Waals surface area contributed by atoms with Gasteiger partial charge < -0.3 is 10.1 Å². The van der Waals surface area contributed by atoms with Crippen molar-refractivity contribution in [2.24, 2.45) is 5.92 Å². The van der Waals surface area contributed by atoms with Gasteiger partial charge in [-0.05, 0) is 17.9 Å². The second-order valence-electron chi connectivity index (χ2n) is 6.47. The van der Waals surface area contributed by atoms with Gasteiger partial charge in [-0.2, -0.15) is 0 Å². The molecule has 0 unspecified atom stereocenters. The number of amides is 1. The van der Waals surface area contributed by atoms with E-state index in [1.165, 1.54) is 5.56 Å². The van der Waals surface area contributed by atoms with Crippen molar-refractivity contribution >= 4 is 5.91 Å². The lowest BCUT2D eigenvalue weighted by Gasteiger charge is -2.31. The first-order valence-electron chi connectivity index (χ1n) is 8.27. The van der Waals surface area contributed by atoms with Crippen LogP contribution in [-0.2, 0) is 16.0 Å². The normalized spacial score (nSPS) is 17.4. The summed E-state index contributed by atoms with van der Waals surface area (Å²) in [4.78, 5) is 14.5. The summed E-state index contributed by atoms with van der Waals surface area (Å²) < 4.78 is 5.40. The predicted octanol–water partition coefficient (Wildman–Crippen LogP) is 2.09. The topological polar surface area (TPSA) is 41.6 Å². The second kappa shape index (κ2) is 8.91. The Hall–Kier alpha value is -1.39. The molecule has 1 aliphatic rings. The third-order valence-corrected chi connectivity index (χ3v) is 3.87. The van der Waals surface area contributed by atoms with E-state index in [0.717, 1.165) is 39.3 Å². The van der Waals surface area contributed by atoms with Crippen LogP contribution >= 0.6 is 0 Å². The molecular weight excluding hydrogens is 276 g/mol. The van der Waals surface area contributed by atoms with Gasteiger partial charge in [0.15, 0.2) is 0 Å². The molecule has 122 valence electrons. The third-order valence-electron chi connectivity index (χ3n) is 3.87. The van der Waals surface area contributed by atoms with Crippen LogP contribution < -0.4 is 5.32 Å². The van der Waals surface area contributed by atoms with Gasteiger partial charge >= 0.3 is 0 Å². The molecule has 1 aromatic rings. The molecular formula is C18H28N2O2. The molecule has 0 aromatic heterocycles. The molecule has 0 spiro atoms. The van der Waals surface area contributed by atoms with E-state index in [2.05, 4.69) is 48.3 Å². The number of benzene rings is 1. The minimum absolute atomic E-state index is 0.157. The van der Waals surface area contributed by atoms with E-state index in [9.17, 15) is 4.79 Å². The van der Waals surface area contributed by atoms with Crippen molar-refractivity contribution in [1.29, 1.82) is 0 Å². The maximum atomic E-state index is 12.1. The molecule has 1 heterocycles. The lowest BCUT2D eigenvalue weighted by molar-refractivity contribution is -0.122. The minimum Gasteiger partial charge on any atom is -0.379 e. The number of nitrogens with zero attached hydrogens (tertiary/aromatic N) is 1. The fourth-order valence-corrected chi connectivity index (χ4v) is 2.81. The zero-order valence-corrected chi connectivity index (χ0v) is 13.8. The summed E-state index contributed by atoms with van der Waals surface area (Å²) in [7, 11) is 0. The maximum absolute atomic E-state index is 12.1. The highest BCUT2D eigenvalue weighted by Crippen LogP contribution is 2.08. The Morgan fingerprint density at radius 2 is 1.91 bits per heavy atom. The first-order valence-corrected chi connectivity index (χ1v) is 8.27. The molecule has 1 amide bonds. The maximum Gasteiger partial charge on any atom is 0.220 e. The molecule has 22 heavy (non-hydrogen) atoms. The van der Waals surface area contributed by atoms with E-state index in [1.54, 1.807) is 0 Å².